The smallest absolute Gasteiger partial charge is 0.324 e. The first-order valence-electron chi connectivity index (χ1n) is 4.07. The van der Waals surface area contributed by atoms with Crippen LogP contribution in [0.4, 0.5) is 5.69 Å². The van der Waals surface area contributed by atoms with Gasteiger partial charge in [-0.15, -0.1) is 0 Å². The van der Waals surface area contributed by atoms with Crippen LogP contribution in [0.3, 0.4) is 0 Å². The van der Waals surface area contributed by atoms with E-state index < -0.39 is 22.5 Å². The predicted octanol–water partition coefficient (Wildman–Crippen LogP) is 0.337. The van der Waals surface area contributed by atoms with Crippen molar-refractivity contribution in [1.82, 2.24) is 0 Å². The van der Waals surface area contributed by atoms with Gasteiger partial charge >= 0.3 is 5.97 Å². The Labute approximate surface area is 88.0 Å². The van der Waals surface area contributed by atoms with Gasteiger partial charge in [0.25, 0.3) is 0 Å². The van der Waals surface area contributed by atoms with Crippen LogP contribution in [0.25, 0.3) is 0 Å². The highest BCUT2D eigenvalue weighted by Gasteiger charge is 2.19. The largest absolute Gasteiger partial charge is 0.480 e. The summed E-state index contributed by atoms with van der Waals surface area (Å²) in [5.74, 6) is -1.21. The van der Waals surface area contributed by atoms with Crippen molar-refractivity contribution in [3.8, 4) is 0 Å². The molecule has 0 aliphatic heterocycles. The van der Waals surface area contributed by atoms with Crippen LogP contribution in [0.2, 0.25) is 0 Å². The van der Waals surface area contributed by atoms with Crippen LogP contribution in [0, 0.1) is 6.07 Å². The molecule has 0 spiro atoms. The minimum Gasteiger partial charge on any atom is -0.480 e. The monoisotopic (exact) mass is 228 g/mol. The molecule has 0 aromatic heterocycles. The molecule has 0 amide bonds. The topological polar surface area (TPSA) is 74.7 Å². The molecule has 81 valence electrons. The van der Waals surface area contributed by atoms with Crippen molar-refractivity contribution in [2.45, 2.75) is 0 Å². The first-order chi connectivity index (χ1) is 6.91. The fraction of sp³-hybridized carbons (Fsp3) is 0.222. The van der Waals surface area contributed by atoms with Gasteiger partial charge < -0.3 is 5.11 Å². The second-order valence-corrected chi connectivity index (χ2v) is 4.82. The number of aliphatic carboxylic acids is 1. The number of rotatable bonds is 4. The number of carbonyl (C=O) groups is 1. The molecule has 1 aromatic rings. The molecule has 0 fully saturated rings. The van der Waals surface area contributed by atoms with E-state index in [1.807, 2.05) is 0 Å². The first-order valence-corrected chi connectivity index (χ1v) is 5.92. The Morgan fingerprint density at radius 2 is 2.20 bits per heavy atom. The number of carboxylic acids is 1. The number of benzene rings is 1. The summed E-state index contributed by atoms with van der Waals surface area (Å²) in [7, 11) is -3.59. The van der Waals surface area contributed by atoms with E-state index in [-0.39, 0.29) is 5.69 Å². The summed E-state index contributed by atoms with van der Waals surface area (Å²) >= 11 is 0. The van der Waals surface area contributed by atoms with Crippen LogP contribution < -0.4 is 4.31 Å². The van der Waals surface area contributed by atoms with Gasteiger partial charge in [-0.25, -0.2) is 8.42 Å². The van der Waals surface area contributed by atoms with Gasteiger partial charge in [-0.3, -0.25) is 9.10 Å². The molecule has 1 N–H and O–H groups in total. The summed E-state index contributed by atoms with van der Waals surface area (Å²) in [6.07, 6.45) is 0.955. The Bertz CT molecular complexity index is 440. The van der Waals surface area contributed by atoms with Crippen LogP contribution in [0.5, 0.6) is 0 Å². The zero-order chi connectivity index (χ0) is 11.5. The Morgan fingerprint density at radius 3 is 2.60 bits per heavy atom. The van der Waals surface area contributed by atoms with Gasteiger partial charge in [-0.1, -0.05) is 18.2 Å². The zero-order valence-corrected chi connectivity index (χ0v) is 8.86. The lowest BCUT2D eigenvalue weighted by Gasteiger charge is -2.19. The van der Waals surface area contributed by atoms with E-state index in [9.17, 15) is 13.2 Å². The number of hydrogen-bond acceptors (Lipinski definition) is 3. The molecule has 0 unspecified atom stereocenters. The van der Waals surface area contributed by atoms with Gasteiger partial charge in [0.1, 0.15) is 6.54 Å². The molecule has 1 radical (unpaired) electrons. The molecule has 0 saturated carbocycles. The summed E-state index contributed by atoms with van der Waals surface area (Å²) in [4.78, 5) is 10.5. The maximum Gasteiger partial charge on any atom is 0.324 e. The average Bonchev–Trinajstić information content (AvgIpc) is 2.14. The second kappa shape index (κ2) is 4.31. The number of nitrogens with zero attached hydrogens (tertiary/aromatic N) is 1. The molecule has 15 heavy (non-hydrogen) atoms. The summed E-state index contributed by atoms with van der Waals surface area (Å²) in [5.41, 5.74) is 0.224. The average molecular weight is 228 g/mol. The van der Waals surface area contributed by atoms with Crippen molar-refractivity contribution >= 4 is 21.7 Å². The van der Waals surface area contributed by atoms with Crippen molar-refractivity contribution < 1.29 is 18.3 Å². The minimum atomic E-state index is -3.59. The number of hydrogen-bond donors (Lipinski definition) is 1. The van der Waals surface area contributed by atoms with Gasteiger partial charge in [0, 0.05) is 6.07 Å². The van der Waals surface area contributed by atoms with Crippen molar-refractivity contribution in [1.29, 1.82) is 0 Å². The number of sulfonamides is 1. The molecule has 0 bridgehead atoms. The van der Waals surface area contributed by atoms with Crippen LogP contribution >= 0.6 is 0 Å². The lowest BCUT2D eigenvalue weighted by molar-refractivity contribution is -0.135. The van der Waals surface area contributed by atoms with Crippen molar-refractivity contribution in [3.05, 3.63) is 30.3 Å². The van der Waals surface area contributed by atoms with E-state index in [4.69, 9.17) is 5.11 Å². The van der Waals surface area contributed by atoms with Gasteiger partial charge in [-0.2, -0.15) is 0 Å². The lowest BCUT2D eigenvalue weighted by atomic mass is 10.3. The number of para-hydroxylation sites is 1. The Kier molecular flexibility index (Phi) is 3.31. The highest BCUT2D eigenvalue weighted by molar-refractivity contribution is 7.92. The maximum atomic E-state index is 11.3. The molecule has 0 aliphatic rings. The van der Waals surface area contributed by atoms with Crippen LogP contribution in [-0.2, 0) is 14.8 Å². The number of anilines is 1. The standard InChI is InChI=1S/C9H10NO4S/c1-15(13,14)10(7-9(11)12)8-5-3-2-4-6-8/h2-5H,7H2,1H3,(H,11,12). The van der Waals surface area contributed by atoms with Gasteiger partial charge in [0.05, 0.1) is 11.9 Å². The van der Waals surface area contributed by atoms with Gasteiger partial charge in [0.15, 0.2) is 0 Å². The van der Waals surface area contributed by atoms with Crippen molar-refractivity contribution in [3.63, 3.8) is 0 Å². The minimum absolute atomic E-state index is 0.224. The molecule has 1 aromatic carbocycles. The SMILES string of the molecule is CS(=O)(=O)N(CC(=O)O)c1[c]cccc1. The third-order valence-electron chi connectivity index (χ3n) is 1.64. The normalized spacial score (nSPS) is 11.0. The summed E-state index contributed by atoms with van der Waals surface area (Å²) in [6.45, 7) is -0.598. The quantitative estimate of drug-likeness (QED) is 0.806. The molecule has 0 aliphatic carbocycles. The molecule has 6 heteroatoms. The van der Waals surface area contributed by atoms with Crippen LogP contribution in [0.15, 0.2) is 24.3 Å². The van der Waals surface area contributed by atoms with Crippen LogP contribution in [0.1, 0.15) is 0 Å². The molecule has 0 saturated heterocycles. The zero-order valence-electron chi connectivity index (χ0n) is 8.04. The maximum absolute atomic E-state index is 11.3. The number of carboxylic acid groups (broad SMARTS) is 1. The van der Waals surface area contributed by atoms with Gasteiger partial charge in [-0.05, 0) is 6.07 Å². The van der Waals surface area contributed by atoms with E-state index in [2.05, 4.69) is 6.07 Å². The highest BCUT2D eigenvalue weighted by atomic mass is 32.2. The molecular weight excluding hydrogens is 218 g/mol. The summed E-state index contributed by atoms with van der Waals surface area (Å²) < 4.78 is 23.4. The van der Waals surface area contributed by atoms with E-state index in [1.54, 1.807) is 12.1 Å². The van der Waals surface area contributed by atoms with Crippen molar-refractivity contribution in [2.24, 2.45) is 0 Å². The second-order valence-electron chi connectivity index (χ2n) is 2.91. The Hall–Kier alpha value is -1.56. The van der Waals surface area contributed by atoms with Gasteiger partial charge in [0.2, 0.25) is 10.0 Å². The highest BCUT2D eigenvalue weighted by Crippen LogP contribution is 2.15. The lowest BCUT2D eigenvalue weighted by Crippen LogP contribution is -2.34. The van der Waals surface area contributed by atoms with Crippen LogP contribution in [-0.4, -0.2) is 32.3 Å². The molecule has 1 rings (SSSR count). The molecule has 5 nitrogen and oxygen atoms in total. The van der Waals surface area contributed by atoms with E-state index in [0.717, 1.165) is 10.6 Å². The summed E-state index contributed by atoms with van der Waals surface area (Å²) in [5, 5.41) is 8.59. The molecular formula is C9H10NO4S. The fourth-order valence-electron chi connectivity index (χ4n) is 1.04. The van der Waals surface area contributed by atoms with Crippen molar-refractivity contribution in [2.75, 3.05) is 17.1 Å². The fourth-order valence-corrected chi connectivity index (χ4v) is 1.86. The molecule has 0 heterocycles. The third-order valence-corrected chi connectivity index (χ3v) is 2.77. The van der Waals surface area contributed by atoms with E-state index in [1.165, 1.54) is 12.1 Å². The Morgan fingerprint density at radius 1 is 1.53 bits per heavy atom. The summed E-state index contributed by atoms with van der Waals surface area (Å²) in [6, 6.07) is 8.97. The first kappa shape index (κ1) is 11.5. The van der Waals surface area contributed by atoms with E-state index in [0.29, 0.717) is 0 Å². The van der Waals surface area contributed by atoms with E-state index >= 15 is 0 Å². The predicted molar refractivity (Wildman–Crippen MR) is 55.1 cm³/mol. The molecule has 0 atom stereocenters. The Balaban J connectivity index is 3.08. The third kappa shape index (κ3) is 3.25.